The molecule has 0 aromatic rings. The van der Waals surface area contributed by atoms with Gasteiger partial charge in [-0.25, -0.2) is 0 Å². The average Bonchev–Trinajstić information content (AvgIpc) is 2.10. The molecule has 0 amide bonds. The molecular weight excluding hydrogens is 175 g/mol. The molecule has 1 saturated heterocycles. The topological polar surface area (TPSA) is 29.5 Å². The molecule has 1 unspecified atom stereocenters. The summed E-state index contributed by atoms with van der Waals surface area (Å²) in [5.41, 5.74) is -2.51. The molecule has 0 aromatic carbocycles. The van der Waals surface area contributed by atoms with Gasteiger partial charge < -0.3 is 9.42 Å². The first kappa shape index (κ1) is 7.59. The van der Waals surface area contributed by atoms with Crippen molar-refractivity contribution in [3.63, 3.8) is 0 Å². The molecular formula is C4H5O2PS2. The summed E-state index contributed by atoms with van der Waals surface area (Å²) in [7, 11) is 0. The molecule has 0 radical (unpaired) electrons. The Morgan fingerprint density at radius 1 is 2.00 bits per heavy atom. The standard InChI is InChI=1S/C4H5O2PS2/c1-2-4-3-6-7(5,8)9-4/h1,4H,3H2,(H,5,8)/t4?,7-/m0/s1. The van der Waals surface area contributed by atoms with Crippen LogP contribution >= 0.6 is 17.1 Å². The summed E-state index contributed by atoms with van der Waals surface area (Å²) in [5, 5.41) is -0.0409. The van der Waals surface area contributed by atoms with Crippen LogP contribution in [0.25, 0.3) is 0 Å². The molecule has 1 heterocycles. The molecule has 9 heavy (non-hydrogen) atoms. The monoisotopic (exact) mass is 180 g/mol. The zero-order chi connectivity index (χ0) is 6.91. The Balaban J connectivity index is 2.60. The quantitative estimate of drug-likeness (QED) is 0.444. The number of rotatable bonds is 0. The van der Waals surface area contributed by atoms with Gasteiger partial charge in [0.2, 0.25) is 5.69 Å². The van der Waals surface area contributed by atoms with Crippen molar-refractivity contribution in [3.05, 3.63) is 0 Å². The zero-order valence-electron chi connectivity index (χ0n) is 4.48. The van der Waals surface area contributed by atoms with Crippen LogP contribution in [0.4, 0.5) is 0 Å². The molecule has 50 valence electrons. The Hall–Kier alpha value is 0.480. The maximum absolute atomic E-state index is 9.07. The van der Waals surface area contributed by atoms with Gasteiger partial charge in [-0.3, -0.25) is 0 Å². The lowest BCUT2D eigenvalue weighted by atomic mass is 10.5. The third-order valence-electron chi connectivity index (χ3n) is 0.835. The van der Waals surface area contributed by atoms with E-state index >= 15 is 0 Å². The van der Waals surface area contributed by atoms with Gasteiger partial charge in [0.15, 0.2) is 0 Å². The Kier molecular flexibility index (Phi) is 2.20. The van der Waals surface area contributed by atoms with Crippen molar-refractivity contribution in [1.82, 2.24) is 0 Å². The molecule has 1 aliphatic heterocycles. The van der Waals surface area contributed by atoms with Crippen molar-refractivity contribution in [2.24, 2.45) is 0 Å². The minimum absolute atomic E-state index is 0.0409. The lowest BCUT2D eigenvalue weighted by molar-refractivity contribution is 0.343. The van der Waals surface area contributed by atoms with Gasteiger partial charge in [0, 0.05) is 0 Å². The molecule has 1 rings (SSSR count). The second-order valence-corrected chi connectivity index (χ2v) is 7.80. The molecule has 2 atom stereocenters. The fourth-order valence-electron chi connectivity index (χ4n) is 0.462. The summed E-state index contributed by atoms with van der Waals surface area (Å²) >= 11 is 5.85. The van der Waals surface area contributed by atoms with Crippen molar-refractivity contribution in [2.75, 3.05) is 6.61 Å². The van der Waals surface area contributed by atoms with Crippen LogP contribution in [0.2, 0.25) is 0 Å². The molecule has 0 aromatic heterocycles. The Morgan fingerprint density at radius 2 is 2.67 bits per heavy atom. The van der Waals surface area contributed by atoms with E-state index in [9.17, 15) is 0 Å². The molecule has 1 N–H and O–H groups in total. The van der Waals surface area contributed by atoms with E-state index in [0.717, 1.165) is 0 Å². The minimum atomic E-state index is -2.51. The summed E-state index contributed by atoms with van der Waals surface area (Å²) in [4.78, 5) is 9.07. The van der Waals surface area contributed by atoms with E-state index in [2.05, 4.69) is 17.7 Å². The minimum Gasteiger partial charge on any atom is -0.337 e. The highest BCUT2D eigenvalue weighted by molar-refractivity contribution is 8.68. The van der Waals surface area contributed by atoms with Crippen LogP contribution in [0, 0.1) is 12.3 Å². The highest BCUT2D eigenvalue weighted by Gasteiger charge is 2.29. The van der Waals surface area contributed by atoms with Crippen LogP contribution in [0.3, 0.4) is 0 Å². The summed E-state index contributed by atoms with van der Waals surface area (Å²) < 4.78 is 4.85. The van der Waals surface area contributed by atoms with Gasteiger partial charge in [-0.1, -0.05) is 17.3 Å². The second kappa shape index (κ2) is 2.61. The van der Waals surface area contributed by atoms with Crippen molar-refractivity contribution in [3.8, 4) is 12.3 Å². The van der Waals surface area contributed by atoms with E-state index in [1.165, 1.54) is 11.4 Å². The number of hydrogen-bond donors (Lipinski definition) is 1. The molecule has 0 bridgehead atoms. The molecule has 0 aliphatic carbocycles. The van der Waals surface area contributed by atoms with Gasteiger partial charge in [-0.15, -0.1) is 6.42 Å². The highest BCUT2D eigenvalue weighted by Crippen LogP contribution is 2.62. The van der Waals surface area contributed by atoms with Crippen LogP contribution < -0.4 is 0 Å². The van der Waals surface area contributed by atoms with E-state index in [-0.39, 0.29) is 5.25 Å². The summed E-state index contributed by atoms with van der Waals surface area (Å²) in [5.74, 6) is 2.46. The second-order valence-electron chi connectivity index (χ2n) is 1.53. The lowest BCUT2D eigenvalue weighted by Gasteiger charge is -2.00. The Bertz CT molecular complexity index is 197. The van der Waals surface area contributed by atoms with Gasteiger partial charge in [0.05, 0.1) is 11.9 Å². The van der Waals surface area contributed by atoms with Gasteiger partial charge in [0.1, 0.15) is 0 Å². The third-order valence-corrected chi connectivity index (χ3v) is 5.07. The van der Waals surface area contributed by atoms with Crippen molar-refractivity contribution in [1.29, 1.82) is 0 Å². The number of hydrogen-bond acceptors (Lipinski definition) is 3. The van der Waals surface area contributed by atoms with Crippen LogP contribution in [0.5, 0.6) is 0 Å². The third kappa shape index (κ3) is 1.96. The van der Waals surface area contributed by atoms with Crippen LogP contribution in [0.15, 0.2) is 0 Å². The van der Waals surface area contributed by atoms with Gasteiger partial charge >= 0.3 is 0 Å². The predicted molar refractivity (Wildman–Crippen MR) is 42.7 cm³/mol. The fraction of sp³-hybridized carbons (Fsp3) is 0.500. The van der Waals surface area contributed by atoms with Crippen molar-refractivity contribution in [2.45, 2.75) is 5.25 Å². The van der Waals surface area contributed by atoms with E-state index in [4.69, 9.17) is 15.8 Å². The molecule has 0 saturated carbocycles. The smallest absolute Gasteiger partial charge is 0.246 e. The van der Waals surface area contributed by atoms with Gasteiger partial charge in [0.25, 0.3) is 0 Å². The van der Waals surface area contributed by atoms with Crippen molar-refractivity contribution < 1.29 is 9.42 Å². The summed E-state index contributed by atoms with van der Waals surface area (Å²) in [6, 6.07) is 0. The first-order valence-electron chi connectivity index (χ1n) is 2.26. The SMILES string of the molecule is C#CC1CO[P@@](O)(=S)S1. The maximum Gasteiger partial charge on any atom is 0.246 e. The molecule has 2 nitrogen and oxygen atoms in total. The van der Waals surface area contributed by atoms with E-state index in [1.807, 2.05) is 0 Å². The number of terminal acetylenes is 1. The highest BCUT2D eigenvalue weighted by atomic mass is 32.9. The molecule has 1 fully saturated rings. The van der Waals surface area contributed by atoms with Crippen molar-refractivity contribution >= 4 is 28.9 Å². The van der Waals surface area contributed by atoms with Crippen LogP contribution in [0.1, 0.15) is 0 Å². The molecule has 5 heteroatoms. The average molecular weight is 180 g/mol. The first-order chi connectivity index (χ1) is 4.14. The van der Waals surface area contributed by atoms with E-state index < -0.39 is 5.69 Å². The Morgan fingerprint density at radius 3 is 2.89 bits per heavy atom. The lowest BCUT2D eigenvalue weighted by Crippen LogP contribution is -1.96. The largest absolute Gasteiger partial charge is 0.337 e. The van der Waals surface area contributed by atoms with E-state index in [1.54, 1.807) is 0 Å². The van der Waals surface area contributed by atoms with E-state index in [0.29, 0.717) is 6.61 Å². The van der Waals surface area contributed by atoms with Gasteiger partial charge in [-0.2, -0.15) is 0 Å². The normalized spacial score (nSPS) is 42.4. The van der Waals surface area contributed by atoms with Gasteiger partial charge in [-0.05, 0) is 11.8 Å². The van der Waals surface area contributed by atoms with Crippen LogP contribution in [-0.2, 0) is 16.3 Å². The molecule has 1 aliphatic rings. The summed E-state index contributed by atoms with van der Waals surface area (Å²) in [6.45, 7) is 0.398. The zero-order valence-corrected chi connectivity index (χ0v) is 7.01. The maximum atomic E-state index is 9.07. The van der Waals surface area contributed by atoms with Crippen LogP contribution in [-0.4, -0.2) is 16.8 Å². The predicted octanol–water partition coefficient (Wildman–Crippen LogP) is 0.968. The first-order valence-corrected chi connectivity index (χ1v) is 6.42. The fourth-order valence-corrected chi connectivity index (χ4v) is 4.29. The Labute approximate surface area is 62.9 Å². The summed E-state index contributed by atoms with van der Waals surface area (Å²) in [6.07, 6.45) is 5.06. The molecule has 0 spiro atoms.